The van der Waals surface area contributed by atoms with Crippen LogP contribution < -0.4 is 30.7 Å². The number of hydrogen-bond acceptors (Lipinski definition) is 5. The SMILES string of the molecule is COc1c2ccccc2c(OC)c2cc(S(=O)(=O)[O-])ccc12.c1ccc([I-]c2ccccc2)cc1. The van der Waals surface area contributed by atoms with Crippen molar-refractivity contribution in [1.29, 1.82) is 0 Å². The second-order valence-corrected chi connectivity index (χ2v) is 11.9. The molecule has 5 aromatic carbocycles. The number of rotatable bonds is 5. The topological polar surface area (TPSA) is 75.7 Å². The summed E-state index contributed by atoms with van der Waals surface area (Å²) in [5.41, 5.74) is 0. The molecule has 180 valence electrons. The van der Waals surface area contributed by atoms with Crippen molar-refractivity contribution in [3.05, 3.63) is 110 Å². The number of halogens is 1. The van der Waals surface area contributed by atoms with Gasteiger partial charge in [0.2, 0.25) is 0 Å². The Morgan fingerprint density at radius 2 is 1.03 bits per heavy atom. The van der Waals surface area contributed by atoms with Gasteiger partial charge in [-0.3, -0.25) is 0 Å². The molecule has 5 aromatic rings. The van der Waals surface area contributed by atoms with Gasteiger partial charge in [0.1, 0.15) is 21.6 Å². The van der Waals surface area contributed by atoms with E-state index < -0.39 is 10.1 Å². The molecule has 0 aromatic heterocycles. The fourth-order valence-corrected chi connectivity index (χ4v) is 6.52. The van der Waals surface area contributed by atoms with Crippen LogP contribution >= 0.6 is 0 Å². The minimum atomic E-state index is -4.54. The molecule has 0 amide bonds. The first-order valence-electron chi connectivity index (χ1n) is 10.7. The summed E-state index contributed by atoms with van der Waals surface area (Å²) >= 11 is 0.0287. The summed E-state index contributed by atoms with van der Waals surface area (Å²) < 4.78 is 47.7. The van der Waals surface area contributed by atoms with Crippen LogP contribution in [0.1, 0.15) is 0 Å². The zero-order valence-corrected chi connectivity index (χ0v) is 22.1. The number of benzene rings is 5. The first-order chi connectivity index (χ1) is 16.9. The van der Waals surface area contributed by atoms with Gasteiger partial charge in [0.25, 0.3) is 0 Å². The first-order valence-corrected chi connectivity index (χ1v) is 14.3. The molecular weight excluding hydrogens is 575 g/mol. The average molecular weight is 598 g/mol. The average Bonchev–Trinajstić information content (AvgIpc) is 2.88. The molecule has 0 fully saturated rings. The fourth-order valence-electron chi connectivity index (χ4n) is 3.76. The summed E-state index contributed by atoms with van der Waals surface area (Å²) in [6.07, 6.45) is 0. The van der Waals surface area contributed by atoms with Crippen LogP contribution in [0.25, 0.3) is 21.5 Å². The maximum atomic E-state index is 11.3. The number of methoxy groups -OCH3 is 2. The van der Waals surface area contributed by atoms with Crippen molar-refractivity contribution < 1.29 is 43.6 Å². The van der Waals surface area contributed by atoms with E-state index in [0.29, 0.717) is 22.3 Å². The van der Waals surface area contributed by atoms with Gasteiger partial charge in [-0.05, 0) is 18.2 Å². The van der Waals surface area contributed by atoms with E-state index in [4.69, 9.17) is 9.47 Å². The van der Waals surface area contributed by atoms with Crippen molar-refractivity contribution in [2.24, 2.45) is 0 Å². The van der Waals surface area contributed by atoms with Gasteiger partial charge in [0.15, 0.2) is 0 Å². The van der Waals surface area contributed by atoms with Crippen LogP contribution in [0, 0.1) is 7.14 Å². The van der Waals surface area contributed by atoms with E-state index in [1.165, 1.54) is 26.4 Å². The third-order valence-corrected chi connectivity index (χ3v) is 8.79. The molecule has 0 aliphatic heterocycles. The second-order valence-electron chi connectivity index (χ2n) is 7.46. The molecule has 0 aliphatic carbocycles. The third-order valence-electron chi connectivity index (χ3n) is 5.28. The van der Waals surface area contributed by atoms with E-state index in [0.717, 1.165) is 10.8 Å². The van der Waals surface area contributed by atoms with Crippen LogP contribution in [0.3, 0.4) is 0 Å². The Balaban J connectivity index is 0.000000189. The van der Waals surface area contributed by atoms with Crippen LogP contribution in [-0.4, -0.2) is 27.2 Å². The molecular formula is C28H23IO5S-2. The van der Waals surface area contributed by atoms with Crippen molar-refractivity contribution in [1.82, 2.24) is 0 Å². The van der Waals surface area contributed by atoms with Gasteiger partial charge in [-0.1, -0.05) is 24.3 Å². The molecule has 7 heteroatoms. The van der Waals surface area contributed by atoms with E-state index in [-0.39, 0.29) is 26.1 Å². The minimum absolute atomic E-state index is 0.0287. The number of ether oxygens (including phenoxy) is 2. The Hall–Kier alpha value is -3.14. The maximum absolute atomic E-state index is 11.3. The van der Waals surface area contributed by atoms with Gasteiger partial charge >= 0.3 is 89.0 Å². The van der Waals surface area contributed by atoms with Crippen LogP contribution in [0.2, 0.25) is 0 Å². The van der Waals surface area contributed by atoms with Gasteiger partial charge in [-0.15, -0.1) is 0 Å². The molecule has 0 saturated heterocycles. The van der Waals surface area contributed by atoms with E-state index in [2.05, 4.69) is 60.7 Å². The van der Waals surface area contributed by atoms with Gasteiger partial charge in [0.05, 0.1) is 19.1 Å². The zero-order valence-electron chi connectivity index (χ0n) is 19.1. The summed E-state index contributed by atoms with van der Waals surface area (Å²) in [7, 11) is -1.48. The second kappa shape index (κ2) is 11.1. The molecule has 5 rings (SSSR count). The van der Waals surface area contributed by atoms with Crippen LogP contribution in [0.15, 0.2) is 108 Å². The fraction of sp³-hybridized carbons (Fsp3) is 0.0714. The quantitative estimate of drug-likeness (QED) is 0.177. The molecule has 0 saturated carbocycles. The van der Waals surface area contributed by atoms with Crippen molar-refractivity contribution in [2.45, 2.75) is 4.90 Å². The Kier molecular flexibility index (Phi) is 7.90. The monoisotopic (exact) mass is 598 g/mol. The number of fused-ring (bicyclic) bond motifs is 2. The molecule has 5 nitrogen and oxygen atoms in total. The predicted octanol–water partition coefficient (Wildman–Crippen LogP) is 2.73. The zero-order chi connectivity index (χ0) is 24.8. The summed E-state index contributed by atoms with van der Waals surface area (Å²) in [5, 5.41) is 2.85. The Morgan fingerprint density at radius 3 is 1.49 bits per heavy atom. The molecule has 0 atom stereocenters. The normalized spacial score (nSPS) is 11.2. The van der Waals surface area contributed by atoms with Crippen molar-refractivity contribution in [3.63, 3.8) is 0 Å². The van der Waals surface area contributed by atoms with E-state index >= 15 is 0 Å². The Bertz CT molecular complexity index is 1520. The van der Waals surface area contributed by atoms with Gasteiger partial charge in [0, 0.05) is 21.5 Å². The molecule has 0 bridgehead atoms. The Morgan fingerprint density at radius 1 is 0.600 bits per heavy atom. The third kappa shape index (κ3) is 5.75. The molecule has 0 heterocycles. The molecule has 0 radical (unpaired) electrons. The molecule has 0 spiro atoms. The van der Waals surface area contributed by atoms with Crippen molar-refractivity contribution >= 4 is 31.7 Å². The van der Waals surface area contributed by atoms with E-state index in [9.17, 15) is 13.0 Å². The molecule has 0 aliphatic rings. The van der Waals surface area contributed by atoms with Crippen molar-refractivity contribution in [2.75, 3.05) is 14.2 Å². The summed E-state index contributed by atoms with van der Waals surface area (Å²) in [6, 6.07) is 33.1. The van der Waals surface area contributed by atoms with Gasteiger partial charge in [-0.2, -0.15) is 0 Å². The number of hydrogen-bond donors (Lipinski definition) is 0. The van der Waals surface area contributed by atoms with Crippen molar-refractivity contribution in [3.8, 4) is 11.5 Å². The molecule has 0 N–H and O–H groups in total. The molecule has 0 unspecified atom stereocenters. The van der Waals surface area contributed by atoms with Crippen LogP contribution in [0.4, 0.5) is 0 Å². The standard InChI is InChI=1S/C16H14O5S.C12H10I/c1-20-15-11-5-3-4-6-12(11)16(21-2)14-9-10(22(17,18)19)7-8-13(14)15;1-3-7-11(8-4-1)13-12-9-5-2-6-10-12/h3-9H,1-2H3,(H,17,18,19);1-10H/q;-1/p-1. The predicted molar refractivity (Wildman–Crippen MR) is 133 cm³/mol. The first kappa shape index (κ1) is 25.0. The molecule has 35 heavy (non-hydrogen) atoms. The van der Waals surface area contributed by atoms with Gasteiger partial charge < -0.3 is 14.0 Å². The van der Waals surface area contributed by atoms with E-state index in [1.807, 2.05) is 24.3 Å². The van der Waals surface area contributed by atoms with E-state index in [1.54, 1.807) is 13.2 Å². The van der Waals surface area contributed by atoms with Gasteiger partial charge in [-0.25, -0.2) is 8.42 Å². The summed E-state index contributed by atoms with van der Waals surface area (Å²) in [5.74, 6) is 1.12. The van der Waals surface area contributed by atoms with Crippen LogP contribution in [-0.2, 0) is 10.1 Å². The summed E-state index contributed by atoms with van der Waals surface area (Å²) in [4.78, 5) is -0.296. The van der Waals surface area contributed by atoms with Crippen LogP contribution in [0.5, 0.6) is 11.5 Å². The Labute approximate surface area is 215 Å². The summed E-state index contributed by atoms with van der Waals surface area (Å²) in [6.45, 7) is 0.